The highest BCUT2D eigenvalue weighted by atomic mass is 79.9. The minimum Gasteiger partial charge on any atom is -0.379 e. The van der Waals surface area contributed by atoms with Gasteiger partial charge in [-0.25, -0.2) is 8.42 Å². The molecule has 0 atom stereocenters. The molecule has 1 aliphatic rings. The zero-order valence-electron chi connectivity index (χ0n) is 13.3. The molecule has 0 spiro atoms. The number of amides is 1. The molecule has 6 nitrogen and oxygen atoms in total. The third-order valence-corrected chi connectivity index (χ3v) is 6.71. The second-order valence-electron chi connectivity index (χ2n) is 5.14. The van der Waals surface area contributed by atoms with E-state index in [0.29, 0.717) is 49.4 Å². The molecule has 1 fully saturated rings. The zero-order chi connectivity index (χ0) is 17.0. The van der Waals surface area contributed by atoms with Gasteiger partial charge in [0, 0.05) is 36.2 Å². The Balaban J connectivity index is 2.39. The minimum absolute atomic E-state index is 0.123. The fraction of sp³-hybridized carbons (Fsp3) is 0.533. The number of morpholine rings is 1. The first kappa shape index (κ1) is 18.4. The molecule has 1 heterocycles. The lowest BCUT2D eigenvalue weighted by Gasteiger charge is -2.27. The summed E-state index contributed by atoms with van der Waals surface area (Å²) in [5.74, 6) is -0.166. The Hall–Kier alpha value is -0.960. The molecule has 0 radical (unpaired) electrons. The van der Waals surface area contributed by atoms with Crippen molar-refractivity contribution in [3.8, 4) is 0 Å². The quantitative estimate of drug-likeness (QED) is 0.751. The van der Waals surface area contributed by atoms with Crippen LogP contribution in [0, 0.1) is 0 Å². The standard InChI is InChI=1S/C15H21BrN2O4S/c1-3-17(4-2)15(19)12-5-6-13(16)14(11-12)23(20,21)18-7-9-22-10-8-18/h5-6,11H,3-4,7-10H2,1-2H3. The second-order valence-corrected chi connectivity index (χ2v) is 7.90. The van der Waals surface area contributed by atoms with Crippen molar-refractivity contribution in [3.63, 3.8) is 0 Å². The molecule has 2 rings (SSSR count). The summed E-state index contributed by atoms with van der Waals surface area (Å²) in [6.07, 6.45) is 0. The number of sulfonamides is 1. The molecular weight excluding hydrogens is 384 g/mol. The first-order valence-electron chi connectivity index (χ1n) is 7.58. The van der Waals surface area contributed by atoms with Gasteiger partial charge in [-0.15, -0.1) is 0 Å². The van der Waals surface area contributed by atoms with E-state index in [9.17, 15) is 13.2 Å². The van der Waals surface area contributed by atoms with Crippen molar-refractivity contribution in [2.45, 2.75) is 18.7 Å². The molecule has 1 aliphatic heterocycles. The summed E-state index contributed by atoms with van der Waals surface area (Å²) >= 11 is 3.29. The van der Waals surface area contributed by atoms with Crippen LogP contribution in [-0.4, -0.2) is 62.9 Å². The number of carbonyl (C=O) groups is 1. The van der Waals surface area contributed by atoms with Gasteiger partial charge in [-0.2, -0.15) is 4.31 Å². The molecule has 8 heteroatoms. The van der Waals surface area contributed by atoms with Crippen LogP contribution < -0.4 is 0 Å². The summed E-state index contributed by atoms with van der Waals surface area (Å²) in [5, 5.41) is 0. The average molecular weight is 405 g/mol. The zero-order valence-corrected chi connectivity index (χ0v) is 15.7. The Morgan fingerprint density at radius 1 is 1.26 bits per heavy atom. The highest BCUT2D eigenvalue weighted by Gasteiger charge is 2.29. The van der Waals surface area contributed by atoms with Crippen molar-refractivity contribution < 1.29 is 17.9 Å². The summed E-state index contributed by atoms with van der Waals surface area (Å²) in [4.78, 5) is 14.2. The molecule has 0 unspecified atom stereocenters. The van der Waals surface area contributed by atoms with E-state index in [2.05, 4.69) is 15.9 Å². The number of hydrogen-bond acceptors (Lipinski definition) is 4. The van der Waals surface area contributed by atoms with Gasteiger partial charge in [0.25, 0.3) is 5.91 Å². The predicted molar refractivity (Wildman–Crippen MR) is 91.0 cm³/mol. The summed E-state index contributed by atoms with van der Waals surface area (Å²) in [6.45, 7) is 6.36. The van der Waals surface area contributed by atoms with Crippen molar-refractivity contribution >= 4 is 31.9 Å². The molecule has 128 valence electrons. The van der Waals surface area contributed by atoms with Gasteiger partial charge in [0.2, 0.25) is 10.0 Å². The molecule has 0 bridgehead atoms. The number of nitrogens with zero attached hydrogens (tertiary/aromatic N) is 2. The first-order chi connectivity index (χ1) is 10.9. The lowest BCUT2D eigenvalue weighted by atomic mass is 10.2. The Morgan fingerprint density at radius 2 is 1.87 bits per heavy atom. The number of carbonyl (C=O) groups excluding carboxylic acids is 1. The van der Waals surface area contributed by atoms with Crippen LogP contribution in [0.5, 0.6) is 0 Å². The minimum atomic E-state index is -3.65. The summed E-state index contributed by atoms with van der Waals surface area (Å²) < 4.78 is 32.7. The van der Waals surface area contributed by atoms with Gasteiger partial charge in [-0.1, -0.05) is 0 Å². The maximum Gasteiger partial charge on any atom is 0.253 e. The van der Waals surface area contributed by atoms with E-state index in [1.165, 1.54) is 10.4 Å². The van der Waals surface area contributed by atoms with Crippen LogP contribution in [0.4, 0.5) is 0 Å². The van der Waals surface area contributed by atoms with Crippen LogP contribution in [0.25, 0.3) is 0 Å². The molecule has 0 aliphatic carbocycles. The summed E-state index contributed by atoms with van der Waals surface area (Å²) in [7, 11) is -3.65. The van der Waals surface area contributed by atoms with Crippen molar-refractivity contribution in [2.75, 3.05) is 39.4 Å². The second kappa shape index (κ2) is 7.74. The third-order valence-electron chi connectivity index (χ3n) is 3.82. The van der Waals surface area contributed by atoms with Gasteiger partial charge in [0.1, 0.15) is 0 Å². The smallest absolute Gasteiger partial charge is 0.253 e. The Labute approximate surface area is 145 Å². The lowest BCUT2D eigenvalue weighted by molar-refractivity contribution is 0.0729. The molecule has 0 N–H and O–H groups in total. The molecule has 1 saturated heterocycles. The molecule has 0 aromatic heterocycles. The van der Waals surface area contributed by atoms with E-state index in [1.54, 1.807) is 17.0 Å². The Morgan fingerprint density at radius 3 is 2.43 bits per heavy atom. The highest BCUT2D eigenvalue weighted by Crippen LogP contribution is 2.27. The van der Waals surface area contributed by atoms with Crippen LogP contribution in [-0.2, 0) is 14.8 Å². The Bertz CT molecular complexity index is 668. The first-order valence-corrected chi connectivity index (χ1v) is 9.81. The van der Waals surface area contributed by atoms with E-state index in [-0.39, 0.29) is 10.8 Å². The number of rotatable bonds is 5. The molecular formula is C15H21BrN2O4S. The van der Waals surface area contributed by atoms with Crippen LogP contribution >= 0.6 is 15.9 Å². The van der Waals surface area contributed by atoms with Gasteiger partial charge in [0.15, 0.2) is 0 Å². The normalized spacial score (nSPS) is 16.3. The molecule has 1 amide bonds. The van der Waals surface area contributed by atoms with Gasteiger partial charge < -0.3 is 9.64 Å². The summed E-state index contributed by atoms with van der Waals surface area (Å²) in [6, 6.07) is 4.71. The van der Waals surface area contributed by atoms with Crippen molar-refractivity contribution in [1.82, 2.24) is 9.21 Å². The topological polar surface area (TPSA) is 66.9 Å². The fourth-order valence-corrected chi connectivity index (χ4v) is 4.81. The SMILES string of the molecule is CCN(CC)C(=O)c1ccc(Br)c(S(=O)(=O)N2CCOCC2)c1. The maximum absolute atomic E-state index is 12.8. The largest absolute Gasteiger partial charge is 0.379 e. The van der Waals surface area contributed by atoms with Gasteiger partial charge >= 0.3 is 0 Å². The highest BCUT2D eigenvalue weighted by molar-refractivity contribution is 9.10. The van der Waals surface area contributed by atoms with Crippen LogP contribution in [0.1, 0.15) is 24.2 Å². The van der Waals surface area contributed by atoms with Gasteiger partial charge in [0.05, 0.1) is 18.1 Å². The van der Waals surface area contributed by atoms with Gasteiger partial charge in [-0.05, 0) is 48.0 Å². The molecule has 0 saturated carbocycles. The van der Waals surface area contributed by atoms with E-state index < -0.39 is 10.0 Å². The number of benzene rings is 1. The number of halogens is 1. The predicted octanol–water partition coefficient (Wildman–Crippen LogP) is 1.95. The van der Waals surface area contributed by atoms with Crippen molar-refractivity contribution in [2.24, 2.45) is 0 Å². The lowest BCUT2D eigenvalue weighted by Crippen LogP contribution is -2.40. The van der Waals surface area contributed by atoms with Crippen molar-refractivity contribution in [3.05, 3.63) is 28.2 Å². The average Bonchev–Trinajstić information content (AvgIpc) is 2.57. The van der Waals surface area contributed by atoms with Crippen LogP contribution in [0.3, 0.4) is 0 Å². The Kier molecular flexibility index (Phi) is 6.19. The molecule has 1 aromatic carbocycles. The molecule has 23 heavy (non-hydrogen) atoms. The van der Waals surface area contributed by atoms with E-state index in [0.717, 1.165) is 0 Å². The van der Waals surface area contributed by atoms with Crippen LogP contribution in [0.15, 0.2) is 27.6 Å². The van der Waals surface area contributed by atoms with Gasteiger partial charge in [-0.3, -0.25) is 4.79 Å². The fourth-order valence-electron chi connectivity index (χ4n) is 2.45. The van der Waals surface area contributed by atoms with E-state index >= 15 is 0 Å². The monoisotopic (exact) mass is 404 g/mol. The van der Waals surface area contributed by atoms with E-state index in [1.807, 2.05) is 13.8 Å². The summed E-state index contributed by atoms with van der Waals surface area (Å²) in [5.41, 5.74) is 0.378. The van der Waals surface area contributed by atoms with Crippen LogP contribution in [0.2, 0.25) is 0 Å². The molecule has 1 aromatic rings. The number of hydrogen-bond donors (Lipinski definition) is 0. The van der Waals surface area contributed by atoms with E-state index in [4.69, 9.17) is 4.74 Å². The van der Waals surface area contributed by atoms with Crippen molar-refractivity contribution in [1.29, 1.82) is 0 Å². The third kappa shape index (κ3) is 3.93. The maximum atomic E-state index is 12.8. The number of ether oxygens (including phenoxy) is 1.